The van der Waals surface area contributed by atoms with Crippen LogP contribution in [0.5, 0.6) is 5.75 Å². The first-order valence-corrected chi connectivity index (χ1v) is 11.2. The first kappa shape index (κ1) is 28.4. The van der Waals surface area contributed by atoms with Crippen molar-refractivity contribution in [1.29, 1.82) is 5.41 Å². The predicted octanol–water partition coefficient (Wildman–Crippen LogP) is 4.49. The molecular weight excluding hydrogens is 486 g/mol. The lowest BCUT2D eigenvalue weighted by atomic mass is 10.1. The molecule has 0 unspecified atom stereocenters. The molecule has 3 rings (SSSR count). The Labute approximate surface area is 215 Å². The van der Waals surface area contributed by atoms with Crippen LogP contribution in [0.2, 0.25) is 0 Å². The maximum Gasteiger partial charge on any atom is 0.379 e. The van der Waals surface area contributed by atoms with Gasteiger partial charge < -0.3 is 24.9 Å². The standard InChI is InChI=1S/C26H29N3O6.ClH/c1-26(2,3)35-23(31)6-4-5-22(30)29-15-20-11-12-21(33-20)25(32)34-19-10-9-16-13-18(24(27)28)8-7-17(16)14-19;/h7-14H,4-6,15H2,1-3H3,(H3,27,28)(H,29,30);1H. The van der Waals surface area contributed by atoms with Gasteiger partial charge in [0.15, 0.2) is 0 Å². The zero-order valence-electron chi connectivity index (χ0n) is 20.4. The summed E-state index contributed by atoms with van der Waals surface area (Å²) in [6.45, 7) is 5.48. The zero-order chi connectivity index (χ0) is 25.6. The number of fused-ring (bicyclic) bond motifs is 1. The summed E-state index contributed by atoms with van der Waals surface area (Å²) < 4.78 is 16.1. The molecule has 192 valence electrons. The molecule has 0 saturated carbocycles. The minimum Gasteiger partial charge on any atom is -0.460 e. The van der Waals surface area contributed by atoms with E-state index in [0.717, 1.165) is 10.8 Å². The molecular formula is C26H30ClN3O6. The molecule has 4 N–H and O–H groups in total. The van der Waals surface area contributed by atoms with E-state index in [1.165, 1.54) is 6.07 Å². The molecule has 1 amide bonds. The van der Waals surface area contributed by atoms with Crippen LogP contribution in [-0.4, -0.2) is 29.3 Å². The van der Waals surface area contributed by atoms with Gasteiger partial charge in [0.2, 0.25) is 11.7 Å². The number of benzene rings is 2. The Morgan fingerprint density at radius 3 is 2.39 bits per heavy atom. The van der Waals surface area contributed by atoms with E-state index < -0.39 is 11.6 Å². The van der Waals surface area contributed by atoms with Crippen LogP contribution in [0.3, 0.4) is 0 Å². The molecule has 9 nitrogen and oxygen atoms in total. The number of carbonyl (C=O) groups excluding carboxylic acids is 3. The number of amides is 1. The van der Waals surface area contributed by atoms with Gasteiger partial charge in [-0.2, -0.15) is 0 Å². The van der Waals surface area contributed by atoms with Gasteiger partial charge in [-0.15, -0.1) is 12.4 Å². The van der Waals surface area contributed by atoms with Crippen molar-refractivity contribution in [2.45, 2.75) is 52.2 Å². The van der Waals surface area contributed by atoms with Crippen molar-refractivity contribution in [3.8, 4) is 5.75 Å². The second-order valence-corrected chi connectivity index (χ2v) is 9.01. The highest BCUT2D eigenvalue weighted by Gasteiger charge is 2.17. The van der Waals surface area contributed by atoms with Crippen molar-refractivity contribution in [3.63, 3.8) is 0 Å². The van der Waals surface area contributed by atoms with Gasteiger partial charge >= 0.3 is 11.9 Å². The van der Waals surface area contributed by atoms with Crippen molar-refractivity contribution in [2.24, 2.45) is 5.73 Å². The highest BCUT2D eigenvalue weighted by atomic mass is 35.5. The average Bonchev–Trinajstić information content (AvgIpc) is 3.25. The largest absolute Gasteiger partial charge is 0.460 e. The Bertz CT molecular complexity index is 1260. The van der Waals surface area contributed by atoms with E-state index in [9.17, 15) is 14.4 Å². The van der Waals surface area contributed by atoms with Crippen molar-refractivity contribution in [1.82, 2.24) is 5.32 Å². The highest BCUT2D eigenvalue weighted by Crippen LogP contribution is 2.23. The number of hydrogen-bond donors (Lipinski definition) is 3. The summed E-state index contributed by atoms with van der Waals surface area (Å²) in [4.78, 5) is 36.2. The van der Waals surface area contributed by atoms with Gasteiger partial charge in [0, 0.05) is 18.4 Å². The third-order valence-electron chi connectivity index (χ3n) is 4.86. The minimum absolute atomic E-state index is 0. The van der Waals surface area contributed by atoms with E-state index in [-0.39, 0.29) is 55.3 Å². The normalized spacial score (nSPS) is 10.9. The molecule has 1 heterocycles. The van der Waals surface area contributed by atoms with E-state index in [2.05, 4.69) is 5.32 Å². The van der Waals surface area contributed by atoms with Gasteiger partial charge in [-0.05, 0) is 68.3 Å². The van der Waals surface area contributed by atoms with E-state index in [0.29, 0.717) is 23.5 Å². The number of ether oxygens (including phenoxy) is 2. The molecule has 10 heteroatoms. The fourth-order valence-corrected chi connectivity index (χ4v) is 3.25. The van der Waals surface area contributed by atoms with Crippen molar-refractivity contribution in [2.75, 3.05) is 0 Å². The lowest BCUT2D eigenvalue weighted by molar-refractivity contribution is -0.154. The monoisotopic (exact) mass is 515 g/mol. The van der Waals surface area contributed by atoms with Crippen molar-refractivity contribution >= 4 is 46.9 Å². The van der Waals surface area contributed by atoms with Crippen molar-refractivity contribution < 1.29 is 28.3 Å². The third kappa shape index (κ3) is 8.42. The van der Waals surface area contributed by atoms with Crippen LogP contribution in [0.25, 0.3) is 10.8 Å². The van der Waals surface area contributed by atoms with Crippen molar-refractivity contribution in [3.05, 3.63) is 65.6 Å². The summed E-state index contributed by atoms with van der Waals surface area (Å²) in [6.07, 6.45) is 0.705. The van der Waals surface area contributed by atoms with E-state index in [1.807, 2.05) is 0 Å². The molecule has 0 bridgehead atoms. The quantitative estimate of drug-likeness (QED) is 0.165. The summed E-state index contributed by atoms with van der Waals surface area (Å²) in [5, 5.41) is 11.9. The second kappa shape index (κ2) is 12.2. The number of halogens is 1. The number of hydrogen-bond acceptors (Lipinski definition) is 7. The number of amidine groups is 1. The maximum atomic E-state index is 12.5. The fourth-order valence-electron chi connectivity index (χ4n) is 3.25. The maximum absolute atomic E-state index is 12.5. The lowest BCUT2D eigenvalue weighted by Gasteiger charge is -2.19. The Morgan fingerprint density at radius 2 is 1.69 bits per heavy atom. The molecule has 0 aliphatic carbocycles. The van der Waals surface area contributed by atoms with Gasteiger partial charge in [0.25, 0.3) is 0 Å². The van der Waals surface area contributed by atoms with Gasteiger partial charge in [-0.25, -0.2) is 4.79 Å². The number of nitrogen functional groups attached to an aromatic ring is 1. The Kier molecular flexibility index (Phi) is 9.63. The molecule has 0 fully saturated rings. The number of esters is 2. The van der Waals surface area contributed by atoms with Crippen LogP contribution in [0.1, 0.15) is 61.9 Å². The first-order valence-electron chi connectivity index (χ1n) is 11.2. The van der Waals surface area contributed by atoms with E-state index in [4.69, 9.17) is 25.0 Å². The van der Waals surface area contributed by atoms with Gasteiger partial charge in [0.05, 0.1) is 6.54 Å². The Morgan fingerprint density at radius 1 is 1.00 bits per heavy atom. The number of carbonyl (C=O) groups is 3. The smallest absolute Gasteiger partial charge is 0.379 e. The third-order valence-corrected chi connectivity index (χ3v) is 4.86. The predicted molar refractivity (Wildman–Crippen MR) is 137 cm³/mol. The number of rotatable bonds is 9. The minimum atomic E-state index is -0.667. The summed E-state index contributed by atoms with van der Waals surface area (Å²) in [6, 6.07) is 13.5. The molecule has 0 spiro atoms. The van der Waals surface area contributed by atoms with E-state index in [1.54, 1.807) is 63.2 Å². The molecule has 0 aliphatic heterocycles. The average molecular weight is 516 g/mol. The number of nitrogens with one attached hydrogen (secondary N) is 2. The lowest BCUT2D eigenvalue weighted by Crippen LogP contribution is -2.25. The fraction of sp³-hybridized carbons (Fsp3) is 0.308. The van der Waals surface area contributed by atoms with Crippen LogP contribution in [-0.2, 0) is 20.9 Å². The number of nitrogens with two attached hydrogens (primary N) is 1. The first-order chi connectivity index (χ1) is 16.5. The van der Waals surface area contributed by atoms with Gasteiger partial charge in [-0.3, -0.25) is 15.0 Å². The summed E-state index contributed by atoms with van der Waals surface area (Å²) in [7, 11) is 0. The SMILES string of the molecule is CC(C)(C)OC(=O)CCCC(=O)NCc1ccc(C(=O)Oc2ccc3cc(C(=N)N)ccc3c2)o1.Cl. The van der Waals surface area contributed by atoms with Crippen LogP contribution in [0.4, 0.5) is 0 Å². The molecule has 3 aromatic rings. The van der Waals surface area contributed by atoms with Gasteiger partial charge in [-0.1, -0.05) is 18.2 Å². The summed E-state index contributed by atoms with van der Waals surface area (Å²) >= 11 is 0. The van der Waals surface area contributed by atoms with Crippen LogP contribution in [0.15, 0.2) is 52.9 Å². The number of furan rings is 1. The Hall–Kier alpha value is -3.85. The topological polar surface area (TPSA) is 145 Å². The molecule has 36 heavy (non-hydrogen) atoms. The highest BCUT2D eigenvalue weighted by molar-refractivity contribution is 5.99. The second-order valence-electron chi connectivity index (χ2n) is 9.01. The van der Waals surface area contributed by atoms with Crippen LogP contribution in [0, 0.1) is 5.41 Å². The Balaban J connectivity index is 0.00000456. The van der Waals surface area contributed by atoms with Gasteiger partial charge in [0.1, 0.15) is 22.9 Å². The molecule has 1 aromatic heterocycles. The van der Waals surface area contributed by atoms with Crippen LogP contribution >= 0.6 is 12.4 Å². The molecule has 0 saturated heterocycles. The van der Waals surface area contributed by atoms with E-state index >= 15 is 0 Å². The summed E-state index contributed by atoms with van der Waals surface area (Å²) in [5.41, 5.74) is 5.58. The zero-order valence-corrected chi connectivity index (χ0v) is 21.2. The molecule has 2 aromatic carbocycles. The molecule has 0 atom stereocenters. The molecule has 0 radical (unpaired) electrons. The van der Waals surface area contributed by atoms with Crippen LogP contribution < -0.4 is 15.8 Å². The summed E-state index contributed by atoms with van der Waals surface area (Å²) in [5.74, 6) is -0.522. The molecule has 0 aliphatic rings.